The fourth-order valence-electron chi connectivity index (χ4n) is 3.61. The maximum Gasteiger partial charge on any atom is 0.416 e. The number of hydrogen-bond acceptors (Lipinski definition) is 4. The van der Waals surface area contributed by atoms with Gasteiger partial charge in [-0.15, -0.1) is 0 Å². The molecule has 1 aliphatic heterocycles. The van der Waals surface area contributed by atoms with E-state index in [9.17, 15) is 18.0 Å². The maximum absolute atomic E-state index is 12.7. The first-order valence-electron chi connectivity index (χ1n) is 9.64. The number of likely N-dealkylation sites (tertiary alicyclic amines) is 1. The van der Waals surface area contributed by atoms with E-state index in [0.29, 0.717) is 30.9 Å². The smallest absolute Gasteiger partial charge is 0.342 e. The maximum atomic E-state index is 12.7. The van der Waals surface area contributed by atoms with Crippen molar-refractivity contribution >= 4 is 5.91 Å². The zero-order valence-electron chi connectivity index (χ0n) is 16.3. The number of alkyl halides is 3. The Kier molecular flexibility index (Phi) is 5.32. The van der Waals surface area contributed by atoms with Gasteiger partial charge in [0.2, 0.25) is 5.91 Å². The number of hydrogen-bond donors (Lipinski definition) is 0. The minimum atomic E-state index is -4.40. The lowest BCUT2D eigenvalue weighted by Gasteiger charge is -2.16. The van der Waals surface area contributed by atoms with Gasteiger partial charge in [0.25, 0.3) is 5.89 Å². The Balaban J connectivity index is 1.41. The lowest BCUT2D eigenvalue weighted by Crippen LogP contribution is -2.27. The molecule has 8 heteroatoms. The zero-order chi connectivity index (χ0) is 21.3. The van der Waals surface area contributed by atoms with E-state index < -0.39 is 11.7 Å². The first-order chi connectivity index (χ1) is 14.3. The van der Waals surface area contributed by atoms with E-state index in [1.807, 2.05) is 25.1 Å². The van der Waals surface area contributed by atoms with Gasteiger partial charge in [0.1, 0.15) is 0 Å². The number of halogens is 3. The number of nitrogens with zero attached hydrogens (tertiary/aromatic N) is 3. The highest BCUT2D eigenvalue weighted by molar-refractivity contribution is 5.79. The normalized spacial score (nSPS) is 17.0. The number of rotatable bonds is 5. The van der Waals surface area contributed by atoms with Crippen molar-refractivity contribution in [1.29, 1.82) is 0 Å². The van der Waals surface area contributed by atoms with Crippen LogP contribution < -0.4 is 0 Å². The van der Waals surface area contributed by atoms with Gasteiger partial charge >= 0.3 is 6.18 Å². The summed E-state index contributed by atoms with van der Waals surface area (Å²) >= 11 is 0. The van der Waals surface area contributed by atoms with Crippen LogP contribution >= 0.6 is 0 Å². The Morgan fingerprint density at radius 1 is 1.17 bits per heavy atom. The summed E-state index contributed by atoms with van der Waals surface area (Å²) in [5.74, 6) is 0.385. The van der Waals surface area contributed by atoms with Crippen LogP contribution in [0.1, 0.15) is 34.9 Å². The summed E-state index contributed by atoms with van der Waals surface area (Å²) in [7, 11) is 0. The fourth-order valence-corrected chi connectivity index (χ4v) is 3.61. The third kappa shape index (κ3) is 4.37. The second-order valence-corrected chi connectivity index (χ2v) is 7.51. The van der Waals surface area contributed by atoms with Crippen LogP contribution in [0.3, 0.4) is 0 Å². The molecular formula is C22H20F3N3O2. The van der Waals surface area contributed by atoms with Gasteiger partial charge in [-0.1, -0.05) is 35.0 Å². The molecule has 1 amide bonds. The van der Waals surface area contributed by atoms with Gasteiger partial charge in [-0.05, 0) is 43.2 Å². The van der Waals surface area contributed by atoms with Crippen LogP contribution in [0.25, 0.3) is 11.5 Å². The number of amides is 1. The number of carbonyl (C=O) groups excluding carboxylic acids is 1. The van der Waals surface area contributed by atoms with Crippen molar-refractivity contribution < 1.29 is 22.5 Å². The van der Waals surface area contributed by atoms with Crippen LogP contribution in [0.15, 0.2) is 53.1 Å². The highest BCUT2D eigenvalue weighted by atomic mass is 19.4. The molecule has 156 valence electrons. The van der Waals surface area contributed by atoms with Gasteiger partial charge in [0.05, 0.1) is 5.56 Å². The molecule has 0 aliphatic carbocycles. The minimum Gasteiger partial charge on any atom is -0.342 e. The summed E-state index contributed by atoms with van der Waals surface area (Å²) < 4.78 is 43.3. The highest BCUT2D eigenvalue weighted by Gasteiger charge is 2.34. The Hall–Kier alpha value is -3.16. The van der Waals surface area contributed by atoms with E-state index in [-0.39, 0.29) is 17.7 Å². The Morgan fingerprint density at radius 2 is 1.93 bits per heavy atom. The Morgan fingerprint density at radius 3 is 2.63 bits per heavy atom. The second kappa shape index (κ2) is 7.93. The van der Waals surface area contributed by atoms with Crippen molar-refractivity contribution in [3.63, 3.8) is 0 Å². The summed E-state index contributed by atoms with van der Waals surface area (Å²) in [6.45, 7) is 3.14. The molecule has 0 saturated carbocycles. The molecule has 1 atom stereocenters. The summed E-state index contributed by atoms with van der Waals surface area (Å²) in [4.78, 5) is 18.5. The van der Waals surface area contributed by atoms with Crippen LogP contribution in [-0.4, -0.2) is 34.0 Å². The van der Waals surface area contributed by atoms with Gasteiger partial charge in [-0.3, -0.25) is 4.79 Å². The van der Waals surface area contributed by atoms with E-state index in [4.69, 9.17) is 4.52 Å². The third-order valence-corrected chi connectivity index (χ3v) is 5.23. The lowest BCUT2D eigenvalue weighted by atomic mass is 10.1. The van der Waals surface area contributed by atoms with Crippen molar-refractivity contribution in [2.45, 2.75) is 31.9 Å². The first-order valence-corrected chi connectivity index (χ1v) is 9.64. The van der Waals surface area contributed by atoms with Crippen LogP contribution in [0.4, 0.5) is 13.2 Å². The third-order valence-electron chi connectivity index (χ3n) is 5.23. The van der Waals surface area contributed by atoms with Crippen molar-refractivity contribution in [3.05, 3.63) is 71.0 Å². The molecule has 2 aromatic carbocycles. The molecule has 0 bridgehead atoms. The molecule has 1 aliphatic rings. The van der Waals surface area contributed by atoms with Gasteiger partial charge in [0.15, 0.2) is 5.82 Å². The van der Waals surface area contributed by atoms with E-state index in [0.717, 1.165) is 18.6 Å². The van der Waals surface area contributed by atoms with Crippen LogP contribution in [-0.2, 0) is 17.4 Å². The molecule has 30 heavy (non-hydrogen) atoms. The quantitative estimate of drug-likeness (QED) is 0.610. The fraction of sp³-hybridized carbons (Fsp3) is 0.318. The summed E-state index contributed by atoms with van der Waals surface area (Å²) in [6.07, 6.45) is -3.34. The van der Waals surface area contributed by atoms with Crippen LogP contribution in [0, 0.1) is 6.92 Å². The number of benzene rings is 2. The largest absolute Gasteiger partial charge is 0.416 e. The molecule has 1 unspecified atom stereocenters. The molecule has 0 spiro atoms. The second-order valence-electron chi connectivity index (χ2n) is 7.51. The predicted octanol–water partition coefficient (Wildman–Crippen LogP) is 4.62. The summed E-state index contributed by atoms with van der Waals surface area (Å²) in [5, 5.41) is 3.96. The average Bonchev–Trinajstić information content (AvgIpc) is 3.33. The molecule has 1 aromatic heterocycles. The molecule has 1 saturated heterocycles. The monoisotopic (exact) mass is 415 g/mol. The molecule has 0 N–H and O–H groups in total. The van der Waals surface area contributed by atoms with Gasteiger partial charge < -0.3 is 9.42 Å². The molecule has 5 nitrogen and oxygen atoms in total. The summed E-state index contributed by atoms with van der Waals surface area (Å²) in [6, 6.07) is 12.7. The molecule has 3 aromatic rings. The summed E-state index contributed by atoms with van der Waals surface area (Å²) in [5.41, 5.74) is 2.02. The van der Waals surface area contributed by atoms with E-state index in [1.165, 1.54) is 23.3 Å². The molecule has 4 rings (SSSR count). The average molecular weight is 415 g/mol. The highest BCUT2D eigenvalue weighted by Crippen LogP contribution is 2.32. The van der Waals surface area contributed by atoms with E-state index in [1.54, 1.807) is 4.90 Å². The lowest BCUT2D eigenvalue weighted by molar-refractivity contribution is -0.137. The Bertz CT molecular complexity index is 1040. The molecule has 0 radical (unpaired) electrons. The van der Waals surface area contributed by atoms with E-state index in [2.05, 4.69) is 16.2 Å². The van der Waals surface area contributed by atoms with Gasteiger partial charge in [-0.2, -0.15) is 18.2 Å². The first kappa shape index (κ1) is 20.1. The number of carbonyl (C=O) groups is 1. The molecule has 1 fully saturated rings. The molecule has 2 heterocycles. The Labute approximate surface area is 171 Å². The van der Waals surface area contributed by atoms with Crippen LogP contribution in [0.5, 0.6) is 0 Å². The molecular weight excluding hydrogens is 395 g/mol. The topological polar surface area (TPSA) is 59.2 Å². The number of aromatic nitrogens is 2. The van der Waals surface area contributed by atoms with Crippen molar-refractivity contribution in [2.75, 3.05) is 13.1 Å². The predicted molar refractivity (Wildman–Crippen MR) is 104 cm³/mol. The van der Waals surface area contributed by atoms with E-state index >= 15 is 0 Å². The van der Waals surface area contributed by atoms with Gasteiger partial charge in [0, 0.05) is 31.0 Å². The standard InChI is InChI=1S/C22H20F3N3O2/c1-14-3-2-4-15(11-14)9-10-28-13-17(12-19(28)29)20-26-21(30-27-20)16-5-7-18(8-6-16)22(23,24)25/h2-8,11,17H,9-10,12-13H2,1H3. The SMILES string of the molecule is Cc1cccc(CCN2CC(c3noc(-c4ccc(C(F)(F)F)cc4)n3)CC2=O)c1. The van der Waals surface area contributed by atoms with Crippen LogP contribution in [0.2, 0.25) is 0 Å². The zero-order valence-corrected chi connectivity index (χ0v) is 16.3. The number of aryl methyl sites for hydroxylation is 1. The van der Waals surface area contributed by atoms with Gasteiger partial charge in [-0.25, -0.2) is 0 Å². The van der Waals surface area contributed by atoms with Crippen molar-refractivity contribution in [1.82, 2.24) is 15.0 Å². The van der Waals surface area contributed by atoms with Crippen molar-refractivity contribution in [2.24, 2.45) is 0 Å². The minimum absolute atomic E-state index is 0.0357. The van der Waals surface area contributed by atoms with Crippen molar-refractivity contribution in [3.8, 4) is 11.5 Å².